The minimum atomic E-state index is -3.78. The molecular weight excluding hydrogens is 491 g/mol. The van der Waals surface area contributed by atoms with E-state index < -0.39 is 10.0 Å². The maximum Gasteiger partial charge on any atom is 0.255 e. The first-order chi connectivity index (χ1) is 15.3. The fourth-order valence-corrected chi connectivity index (χ4v) is 6.42. The number of nitrogens with one attached hydrogen (secondary N) is 1. The van der Waals surface area contributed by atoms with E-state index in [2.05, 4.69) is 4.72 Å². The average molecular weight is 517 g/mol. The number of hydrogen-bond donors (Lipinski definition) is 1. The number of rotatable bonds is 9. The van der Waals surface area contributed by atoms with Crippen LogP contribution in [0.2, 0.25) is 5.02 Å². The van der Waals surface area contributed by atoms with Crippen LogP contribution in [0.15, 0.2) is 46.2 Å². The van der Waals surface area contributed by atoms with Gasteiger partial charge in [0.1, 0.15) is 5.82 Å². The van der Waals surface area contributed by atoms with Crippen molar-refractivity contribution in [3.63, 3.8) is 0 Å². The van der Waals surface area contributed by atoms with E-state index in [9.17, 15) is 17.6 Å². The standard InChI is InChI=1S/C22H26ClFN2O3S3/c1-30-21-9-8-16(14-17(21)22(27)26-11-3-2-4-12-26)32(28,29)25-10-13-31-15-18-19(23)6-5-7-20(18)24/h5-9,14,25H,2-4,10-13,15H2,1H3. The number of carbonyl (C=O) groups is 1. The molecule has 5 nitrogen and oxygen atoms in total. The van der Waals surface area contributed by atoms with Gasteiger partial charge in [-0.25, -0.2) is 17.5 Å². The first kappa shape index (κ1) is 25.4. The topological polar surface area (TPSA) is 66.5 Å². The third-order valence-corrected chi connectivity index (χ3v) is 8.80. The summed E-state index contributed by atoms with van der Waals surface area (Å²) < 4.78 is 42.0. The molecule has 1 aliphatic heterocycles. The van der Waals surface area contributed by atoms with E-state index in [1.807, 2.05) is 6.26 Å². The molecule has 1 aliphatic rings. The predicted molar refractivity (Wildman–Crippen MR) is 131 cm³/mol. The molecule has 0 unspecified atom stereocenters. The lowest BCUT2D eigenvalue weighted by Crippen LogP contribution is -2.36. The number of hydrogen-bond acceptors (Lipinski definition) is 5. The lowest BCUT2D eigenvalue weighted by atomic mass is 10.1. The molecule has 1 fully saturated rings. The smallest absolute Gasteiger partial charge is 0.255 e. The van der Waals surface area contributed by atoms with Crippen LogP contribution in [-0.2, 0) is 15.8 Å². The molecule has 0 aliphatic carbocycles. The predicted octanol–water partition coefficient (Wildman–Crippen LogP) is 5.04. The van der Waals surface area contributed by atoms with Crippen molar-refractivity contribution >= 4 is 51.1 Å². The number of sulfonamides is 1. The summed E-state index contributed by atoms with van der Waals surface area (Å²) in [6.45, 7) is 1.58. The third kappa shape index (κ3) is 6.41. The molecule has 2 aromatic rings. The Morgan fingerprint density at radius 2 is 1.94 bits per heavy atom. The quantitative estimate of drug-likeness (QED) is 0.373. The maximum atomic E-state index is 13.8. The van der Waals surface area contributed by atoms with E-state index in [0.717, 1.165) is 24.2 Å². The second-order valence-corrected chi connectivity index (χ2v) is 11.5. The highest BCUT2D eigenvalue weighted by molar-refractivity contribution is 7.98. The second-order valence-electron chi connectivity index (χ2n) is 7.37. The van der Waals surface area contributed by atoms with Crippen LogP contribution in [0, 0.1) is 5.82 Å². The molecule has 1 amide bonds. The molecule has 0 radical (unpaired) electrons. The van der Waals surface area contributed by atoms with Gasteiger partial charge in [0.05, 0.1) is 10.5 Å². The van der Waals surface area contributed by atoms with Gasteiger partial charge in [-0.1, -0.05) is 17.7 Å². The van der Waals surface area contributed by atoms with Gasteiger partial charge in [-0.15, -0.1) is 11.8 Å². The van der Waals surface area contributed by atoms with Gasteiger partial charge in [0.2, 0.25) is 10.0 Å². The number of halogens is 2. The Balaban J connectivity index is 1.62. The minimum Gasteiger partial charge on any atom is -0.339 e. The first-order valence-electron chi connectivity index (χ1n) is 10.3. The fraction of sp³-hybridized carbons (Fsp3) is 0.409. The zero-order valence-corrected chi connectivity index (χ0v) is 21.0. The van der Waals surface area contributed by atoms with Crippen molar-refractivity contribution in [2.45, 2.75) is 34.8 Å². The van der Waals surface area contributed by atoms with Crippen molar-refractivity contribution in [3.8, 4) is 0 Å². The van der Waals surface area contributed by atoms with E-state index in [-0.39, 0.29) is 23.2 Å². The van der Waals surface area contributed by atoms with Crippen molar-refractivity contribution in [1.82, 2.24) is 9.62 Å². The average Bonchev–Trinajstić information content (AvgIpc) is 2.80. The summed E-state index contributed by atoms with van der Waals surface area (Å²) in [7, 11) is -3.78. The van der Waals surface area contributed by atoms with Gasteiger partial charge in [0.15, 0.2) is 0 Å². The van der Waals surface area contributed by atoms with Crippen LogP contribution in [0.3, 0.4) is 0 Å². The molecule has 1 heterocycles. The molecule has 1 N–H and O–H groups in total. The van der Waals surface area contributed by atoms with Crippen LogP contribution in [0.4, 0.5) is 4.39 Å². The summed E-state index contributed by atoms with van der Waals surface area (Å²) in [5.74, 6) is 0.310. The third-order valence-electron chi connectivity index (χ3n) is 5.20. The molecule has 0 aromatic heterocycles. The number of amides is 1. The Kier molecular flexibility index (Phi) is 9.31. The van der Waals surface area contributed by atoms with Gasteiger partial charge in [0.25, 0.3) is 5.91 Å². The summed E-state index contributed by atoms with van der Waals surface area (Å²) in [5.41, 5.74) is 0.835. The minimum absolute atomic E-state index is 0.0674. The highest BCUT2D eigenvalue weighted by Gasteiger charge is 2.23. The monoisotopic (exact) mass is 516 g/mol. The van der Waals surface area contributed by atoms with Gasteiger partial charge in [-0.05, 0) is 55.9 Å². The lowest BCUT2D eigenvalue weighted by Gasteiger charge is -2.27. The van der Waals surface area contributed by atoms with E-state index in [1.165, 1.54) is 41.7 Å². The van der Waals surface area contributed by atoms with Crippen LogP contribution in [0.5, 0.6) is 0 Å². The van der Waals surface area contributed by atoms with Gasteiger partial charge in [-0.2, -0.15) is 11.8 Å². The zero-order chi connectivity index (χ0) is 23.1. The molecule has 1 saturated heterocycles. The van der Waals surface area contributed by atoms with Crippen LogP contribution in [0.1, 0.15) is 35.2 Å². The van der Waals surface area contributed by atoms with Crippen molar-refractivity contribution in [3.05, 3.63) is 58.4 Å². The summed E-state index contributed by atoms with van der Waals surface area (Å²) in [6.07, 6.45) is 4.91. The highest BCUT2D eigenvalue weighted by Crippen LogP contribution is 2.27. The number of carbonyl (C=O) groups excluding carboxylic acids is 1. The van der Waals surface area contributed by atoms with Crippen LogP contribution >= 0.6 is 35.1 Å². The molecular formula is C22H26ClFN2O3S3. The molecule has 0 spiro atoms. The summed E-state index contributed by atoms with van der Waals surface area (Å²) in [5, 5.41) is 0.359. The van der Waals surface area contributed by atoms with Crippen LogP contribution in [-0.4, -0.2) is 50.9 Å². The highest BCUT2D eigenvalue weighted by atomic mass is 35.5. The number of nitrogens with zero attached hydrogens (tertiary/aromatic N) is 1. The van der Waals surface area contributed by atoms with Crippen molar-refractivity contribution < 1.29 is 17.6 Å². The zero-order valence-electron chi connectivity index (χ0n) is 17.8. The van der Waals surface area contributed by atoms with Gasteiger partial charge >= 0.3 is 0 Å². The van der Waals surface area contributed by atoms with Crippen LogP contribution in [0.25, 0.3) is 0 Å². The van der Waals surface area contributed by atoms with Crippen LogP contribution < -0.4 is 4.72 Å². The first-order valence-corrected chi connectivity index (χ1v) is 14.5. The summed E-state index contributed by atoms with van der Waals surface area (Å²) >= 11 is 8.83. The van der Waals surface area contributed by atoms with Crippen molar-refractivity contribution in [2.24, 2.45) is 0 Å². The Hall–Kier alpha value is -1.26. The molecule has 3 rings (SSSR count). The Bertz CT molecular complexity index is 1040. The Labute approximate surface area is 202 Å². The maximum absolute atomic E-state index is 13.8. The van der Waals surface area contributed by atoms with E-state index in [0.29, 0.717) is 40.7 Å². The molecule has 2 aromatic carbocycles. The number of benzene rings is 2. The van der Waals surface area contributed by atoms with Gasteiger partial charge in [0, 0.05) is 46.6 Å². The second kappa shape index (κ2) is 11.7. The van der Waals surface area contributed by atoms with E-state index >= 15 is 0 Å². The normalized spacial score (nSPS) is 14.5. The fourth-order valence-electron chi connectivity index (χ4n) is 3.46. The van der Waals surface area contributed by atoms with Crippen molar-refractivity contribution in [1.29, 1.82) is 0 Å². The molecule has 0 saturated carbocycles. The molecule has 0 bridgehead atoms. The van der Waals surface area contributed by atoms with E-state index in [4.69, 9.17) is 11.6 Å². The SMILES string of the molecule is CSc1ccc(S(=O)(=O)NCCSCc2c(F)cccc2Cl)cc1C(=O)N1CCCCC1. The number of thioether (sulfide) groups is 2. The van der Waals surface area contributed by atoms with E-state index in [1.54, 1.807) is 23.1 Å². The number of piperidine rings is 1. The number of likely N-dealkylation sites (tertiary alicyclic amines) is 1. The molecule has 32 heavy (non-hydrogen) atoms. The van der Waals surface area contributed by atoms with Gasteiger partial charge < -0.3 is 4.90 Å². The lowest BCUT2D eigenvalue weighted by molar-refractivity contribution is 0.0720. The van der Waals surface area contributed by atoms with Crippen molar-refractivity contribution in [2.75, 3.05) is 31.6 Å². The molecule has 10 heteroatoms. The molecule has 174 valence electrons. The largest absolute Gasteiger partial charge is 0.339 e. The molecule has 0 atom stereocenters. The Morgan fingerprint density at radius 1 is 1.19 bits per heavy atom. The summed E-state index contributed by atoms with van der Waals surface area (Å²) in [6, 6.07) is 9.21. The Morgan fingerprint density at radius 3 is 2.62 bits per heavy atom. The summed E-state index contributed by atoms with van der Waals surface area (Å²) in [4.78, 5) is 15.6. The van der Waals surface area contributed by atoms with Gasteiger partial charge in [-0.3, -0.25) is 4.79 Å².